The van der Waals surface area contributed by atoms with Gasteiger partial charge in [0.25, 0.3) is 11.5 Å². The van der Waals surface area contributed by atoms with Gasteiger partial charge in [-0.1, -0.05) is 70.4 Å². The minimum atomic E-state index is -0.649. The van der Waals surface area contributed by atoms with Crippen molar-refractivity contribution < 1.29 is 14.3 Å². The van der Waals surface area contributed by atoms with Crippen molar-refractivity contribution in [2.45, 2.75) is 33.4 Å². The molecule has 3 aromatic carbocycles. The van der Waals surface area contributed by atoms with Crippen molar-refractivity contribution in [3.63, 3.8) is 0 Å². The van der Waals surface area contributed by atoms with Crippen LogP contribution < -0.4 is 24.4 Å². The summed E-state index contributed by atoms with van der Waals surface area (Å²) in [7, 11) is 1.55. The molecule has 1 aliphatic rings. The maximum absolute atomic E-state index is 14.0. The molecule has 0 spiro atoms. The molecule has 44 heavy (non-hydrogen) atoms. The van der Waals surface area contributed by atoms with Gasteiger partial charge < -0.3 is 14.4 Å². The topological polar surface area (TPSA) is 73.1 Å². The molecule has 1 aromatic heterocycles. The number of likely N-dealkylation sites (N-methyl/N-ethyl adjacent to an activating group) is 1. The third-order valence-electron chi connectivity index (χ3n) is 7.37. The number of carbonyl (C=O) groups is 1. The molecule has 228 valence electrons. The summed E-state index contributed by atoms with van der Waals surface area (Å²) in [5.41, 5.74) is 3.10. The minimum Gasteiger partial charge on any atom is -0.493 e. The van der Waals surface area contributed by atoms with Gasteiger partial charge >= 0.3 is 0 Å². The molecule has 0 saturated heterocycles. The Morgan fingerprint density at radius 1 is 1.00 bits per heavy atom. The lowest BCUT2D eigenvalue weighted by atomic mass is 9.94. The van der Waals surface area contributed by atoms with Gasteiger partial charge in [0.05, 0.1) is 29.0 Å². The molecule has 0 bridgehead atoms. The number of carbonyl (C=O) groups excluding carboxylic acids is 1. The number of halogens is 3. The van der Waals surface area contributed by atoms with Crippen molar-refractivity contribution in [3.8, 4) is 11.5 Å². The smallest absolute Gasteiger partial charge is 0.271 e. The molecule has 4 aromatic rings. The zero-order valence-corrected chi connectivity index (χ0v) is 27.7. The first-order valence-corrected chi connectivity index (χ1v) is 15.9. The summed E-state index contributed by atoms with van der Waals surface area (Å²) in [5.74, 6) is 0.874. The summed E-state index contributed by atoms with van der Waals surface area (Å²) in [6.45, 7) is 6.99. The van der Waals surface area contributed by atoms with Gasteiger partial charge in [-0.05, 0) is 74.4 Å². The van der Waals surface area contributed by atoms with Gasteiger partial charge in [0, 0.05) is 33.7 Å². The molecule has 0 radical (unpaired) electrons. The van der Waals surface area contributed by atoms with E-state index in [0.717, 1.165) is 16.7 Å². The van der Waals surface area contributed by atoms with Gasteiger partial charge in [-0.15, -0.1) is 0 Å². The number of hydrogen-bond donors (Lipinski definition) is 0. The number of aromatic nitrogens is 1. The van der Waals surface area contributed by atoms with Gasteiger partial charge in [-0.3, -0.25) is 14.2 Å². The highest BCUT2D eigenvalue weighted by Gasteiger charge is 2.34. The fourth-order valence-corrected chi connectivity index (χ4v) is 6.71. The maximum atomic E-state index is 14.0. The maximum Gasteiger partial charge on any atom is 0.271 e. The molecule has 11 heteroatoms. The van der Waals surface area contributed by atoms with Crippen LogP contribution in [0.25, 0.3) is 6.08 Å². The van der Waals surface area contributed by atoms with E-state index in [1.807, 2.05) is 45.0 Å². The number of hydrogen-bond acceptors (Lipinski definition) is 6. The Morgan fingerprint density at radius 3 is 2.36 bits per heavy atom. The first-order valence-electron chi connectivity index (χ1n) is 14.0. The van der Waals surface area contributed by atoms with Crippen LogP contribution in [0.3, 0.4) is 0 Å². The van der Waals surface area contributed by atoms with Crippen molar-refractivity contribution in [1.29, 1.82) is 0 Å². The number of benzene rings is 3. The van der Waals surface area contributed by atoms with Crippen molar-refractivity contribution in [2.75, 3.05) is 20.2 Å². The van der Waals surface area contributed by atoms with Crippen molar-refractivity contribution >= 4 is 58.1 Å². The molecule has 2 heterocycles. The van der Waals surface area contributed by atoms with E-state index in [4.69, 9.17) is 49.3 Å². The van der Waals surface area contributed by atoms with Crippen LogP contribution in [0.4, 0.5) is 0 Å². The second-order valence-corrected chi connectivity index (χ2v) is 12.3. The summed E-state index contributed by atoms with van der Waals surface area (Å²) in [5, 5.41) is 1.63. The monoisotopic (exact) mass is 669 g/mol. The second-order valence-electron chi connectivity index (χ2n) is 10.0. The Kier molecular flexibility index (Phi) is 9.85. The molecule has 0 unspecified atom stereocenters. The standard InChI is InChI=1S/C33H30Cl3N3O4S/c1-5-38(6-2)32(41)29-19(3)37-33-39(30(29)21-8-11-23(34)12-9-21)31(40)28(44-33)16-20-7-14-26(27(15-20)42-4)43-18-22-10-13-24(35)17-25(22)36/h7-17,30H,5-6,18H2,1-4H3/b28-16+/t30-/m1/s1. The van der Waals surface area contributed by atoms with E-state index >= 15 is 0 Å². The molecule has 1 atom stereocenters. The van der Waals surface area contributed by atoms with E-state index in [1.54, 1.807) is 59.1 Å². The molecular weight excluding hydrogens is 641 g/mol. The molecule has 1 amide bonds. The third-order valence-corrected chi connectivity index (χ3v) is 9.19. The highest BCUT2D eigenvalue weighted by Crippen LogP contribution is 2.33. The Bertz CT molecular complexity index is 1930. The zero-order valence-electron chi connectivity index (χ0n) is 24.6. The Labute approximate surface area is 274 Å². The summed E-state index contributed by atoms with van der Waals surface area (Å²) >= 11 is 19.8. The molecule has 0 N–H and O–H groups in total. The summed E-state index contributed by atoms with van der Waals surface area (Å²) in [6, 6.07) is 17.2. The highest BCUT2D eigenvalue weighted by molar-refractivity contribution is 7.07. The lowest BCUT2D eigenvalue weighted by Crippen LogP contribution is -2.43. The van der Waals surface area contributed by atoms with Crippen LogP contribution in [-0.2, 0) is 11.4 Å². The van der Waals surface area contributed by atoms with E-state index in [9.17, 15) is 9.59 Å². The van der Waals surface area contributed by atoms with Crippen LogP contribution in [0, 0.1) is 0 Å². The molecular formula is C33H30Cl3N3O4S. The fourth-order valence-electron chi connectivity index (χ4n) is 5.08. The molecule has 7 nitrogen and oxygen atoms in total. The van der Waals surface area contributed by atoms with Gasteiger partial charge in [0.1, 0.15) is 6.61 Å². The van der Waals surface area contributed by atoms with Crippen LogP contribution >= 0.6 is 46.1 Å². The quantitative estimate of drug-likeness (QED) is 0.200. The van der Waals surface area contributed by atoms with Crippen LogP contribution in [0.5, 0.6) is 11.5 Å². The third kappa shape index (κ3) is 6.44. The molecule has 5 rings (SSSR count). The van der Waals surface area contributed by atoms with E-state index in [0.29, 0.717) is 60.3 Å². The molecule has 0 fully saturated rings. The number of thiazole rings is 1. The SMILES string of the molecule is CCN(CC)C(=O)C1=C(C)N=c2s/c(=C/c3ccc(OCc4ccc(Cl)cc4Cl)c(OC)c3)c(=O)n2[C@@H]1c1ccc(Cl)cc1. The zero-order chi connectivity index (χ0) is 31.5. The number of methoxy groups -OCH3 is 1. The number of allylic oxidation sites excluding steroid dienone is 1. The van der Waals surface area contributed by atoms with E-state index in [2.05, 4.69) is 0 Å². The summed E-state index contributed by atoms with van der Waals surface area (Å²) in [6.07, 6.45) is 1.79. The Morgan fingerprint density at radius 2 is 1.70 bits per heavy atom. The van der Waals surface area contributed by atoms with Crippen molar-refractivity contribution in [2.24, 2.45) is 4.99 Å². The van der Waals surface area contributed by atoms with E-state index in [-0.39, 0.29) is 18.1 Å². The van der Waals surface area contributed by atoms with Gasteiger partial charge in [-0.25, -0.2) is 4.99 Å². The number of rotatable bonds is 9. The van der Waals surface area contributed by atoms with Crippen molar-refractivity contribution in [3.05, 3.63) is 123 Å². The second kappa shape index (κ2) is 13.6. The van der Waals surface area contributed by atoms with Crippen LogP contribution in [0.1, 0.15) is 43.5 Å². The van der Waals surface area contributed by atoms with Gasteiger partial charge in [0.15, 0.2) is 16.3 Å². The van der Waals surface area contributed by atoms with Crippen molar-refractivity contribution in [1.82, 2.24) is 9.47 Å². The highest BCUT2D eigenvalue weighted by atomic mass is 35.5. The Hall–Kier alpha value is -3.56. The largest absolute Gasteiger partial charge is 0.493 e. The Balaban J connectivity index is 1.55. The molecule has 0 saturated carbocycles. The number of fused-ring (bicyclic) bond motifs is 1. The predicted molar refractivity (Wildman–Crippen MR) is 177 cm³/mol. The van der Waals surface area contributed by atoms with E-state index in [1.165, 1.54) is 11.3 Å². The van der Waals surface area contributed by atoms with Crippen LogP contribution in [0.15, 0.2) is 81.7 Å². The predicted octanol–water partition coefficient (Wildman–Crippen LogP) is 6.65. The summed E-state index contributed by atoms with van der Waals surface area (Å²) < 4.78 is 13.7. The van der Waals surface area contributed by atoms with Gasteiger partial charge in [0.2, 0.25) is 0 Å². The number of ether oxygens (including phenoxy) is 2. The average Bonchev–Trinajstić information content (AvgIpc) is 3.31. The molecule has 0 aliphatic carbocycles. The first kappa shape index (κ1) is 31.9. The molecule has 1 aliphatic heterocycles. The lowest BCUT2D eigenvalue weighted by Gasteiger charge is -2.29. The lowest BCUT2D eigenvalue weighted by molar-refractivity contribution is -0.127. The van der Waals surface area contributed by atoms with Gasteiger partial charge in [-0.2, -0.15) is 0 Å². The fraction of sp³-hybridized carbons (Fsp3) is 0.242. The normalized spacial score (nSPS) is 14.7. The summed E-state index contributed by atoms with van der Waals surface area (Å²) in [4.78, 5) is 34.8. The first-order chi connectivity index (χ1) is 21.1. The van der Waals surface area contributed by atoms with E-state index < -0.39 is 6.04 Å². The number of nitrogens with zero attached hydrogens (tertiary/aromatic N) is 3. The van der Waals surface area contributed by atoms with Crippen LogP contribution in [0.2, 0.25) is 15.1 Å². The number of amides is 1. The van der Waals surface area contributed by atoms with Crippen LogP contribution in [-0.4, -0.2) is 35.6 Å². The minimum absolute atomic E-state index is 0.148. The average molecular weight is 671 g/mol.